The molecule has 1 saturated carbocycles. The molecule has 0 unspecified atom stereocenters. The Kier molecular flexibility index (Phi) is 4.08. The molecular formula is C14H25N3. The molecule has 17 heavy (non-hydrogen) atoms. The highest BCUT2D eigenvalue weighted by molar-refractivity contribution is 5.80. The van der Waals surface area contributed by atoms with Crippen molar-refractivity contribution in [2.45, 2.75) is 51.5 Å². The molecule has 0 aromatic carbocycles. The second-order valence-corrected chi connectivity index (χ2v) is 5.73. The van der Waals surface area contributed by atoms with Gasteiger partial charge in [-0.2, -0.15) is 0 Å². The quantitative estimate of drug-likeness (QED) is 0.448. The molecule has 2 aliphatic rings. The summed E-state index contributed by atoms with van der Waals surface area (Å²) in [5.74, 6) is 0.965. The van der Waals surface area contributed by atoms with Crippen LogP contribution in [-0.4, -0.2) is 25.6 Å². The molecule has 1 fully saturated rings. The van der Waals surface area contributed by atoms with Crippen LogP contribution in [0.1, 0.15) is 45.4 Å². The van der Waals surface area contributed by atoms with Crippen LogP contribution in [0, 0.1) is 5.41 Å². The predicted molar refractivity (Wildman–Crippen MR) is 73.2 cm³/mol. The van der Waals surface area contributed by atoms with Gasteiger partial charge in [-0.25, -0.2) is 0 Å². The van der Waals surface area contributed by atoms with Crippen LogP contribution in [0.25, 0.3) is 0 Å². The number of aliphatic imine (C=N–C) groups is 1. The molecular weight excluding hydrogens is 210 g/mol. The minimum atomic E-state index is 0.478. The summed E-state index contributed by atoms with van der Waals surface area (Å²) in [6, 6.07) is 0.539. The maximum absolute atomic E-state index is 4.31. The molecule has 0 amide bonds. The summed E-state index contributed by atoms with van der Waals surface area (Å²) in [6.07, 6.45) is 12.2. The second-order valence-electron chi connectivity index (χ2n) is 5.73. The van der Waals surface area contributed by atoms with Gasteiger partial charge in [0.05, 0.1) is 0 Å². The predicted octanol–water partition coefficient (Wildman–Crippen LogP) is 2.45. The Bertz CT molecular complexity index is 293. The smallest absolute Gasteiger partial charge is 0.191 e. The van der Waals surface area contributed by atoms with Gasteiger partial charge < -0.3 is 10.6 Å². The highest BCUT2D eigenvalue weighted by Gasteiger charge is 2.28. The van der Waals surface area contributed by atoms with Crippen molar-refractivity contribution in [3.05, 3.63) is 12.2 Å². The number of guanidine groups is 1. The van der Waals surface area contributed by atoms with E-state index in [2.05, 4.69) is 34.7 Å². The van der Waals surface area contributed by atoms with Crippen molar-refractivity contribution in [2.75, 3.05) is 13.6 Å². The first-order chi connectivity index (χ1) is 8.22. The molecule has 96 valence electrons. The lowest BCUT2D eigenvalue weighted by Gasteiger charge is -2.26. The van der Waals surface area contributed by atoms with Gasteiger partial charge in [-0.15, -0.1) is 0 Å². The molecule has 3 nitrogen and oxygen atoms in total. The summed E-state index contributed by atoms with van der Waals surface area (Å²) >= 11 is 0. The highest BCUT2D eigenvalue weighted by Crippen LogP contribution is 2.36. The van der Waals surface area contributed by atoms with Crippen molar-refractivity contribution < 1.29 is 0 Å². The lowest BCUT2D eigenvalue weighted by atomic mass is 9.89. The Balaban J connectivity index is 1.75. The molecule has 0 spiro atoms. The van der Waals surface area contributed by atoms with Gasteiger partial charge in [0.15, 0.2) is 5.96 Å². The monoisotopic (exact) mass is 235 g/mol. The average molecular weight is 235 g/mol. The number of hydrogen-bond acceptors (Lipinski definition) is 1. The molecule has 0 saturated heterocycles. The number of nitrogens with one attached hydrogen (secondary N) is 2. The molecule has 0 heterocycles. The van der Waals surface area contributed by atoms with E-state index in [9.17, 15) is 0 Å². The van der Waals surface area contributed by atoms with Crippen LogP contribution >= 0.6 is 0 Å². The van der Waals surface area contributed by atoms with E-state index in [1.165, 1.54) is 25.7 Å². The minimum absolute atomic E-state index is 0.478. The Hall–Kier alpha value is -0.990. The van der Waals surface area contributed by atoms with Gasteiger partial charge >= 0.3 is 0 Å². The van der Waals surface area contributed by atoms with Crippen LogP contribution in [0.15, 0.2) is 17.1 Å². The molecule has 0 aromatic heterocycles. The van der Waals surface area contributed by atoms with E-state index >= 15 is 0 Å². The van der Waals surface area contributed by atoms with E-state index in [0.717, 1.165) is 25.3 Å². The van der Waals surface area contributed by atoms with Crippen molar-refractivity contribution in [3.8, 4) is 0 Å². The zero-order valence-corrected chi connectivity index (χ0v) is 11.1. The molecule has 3 heteroatoms. The van der Waals surface area contributed by atoms with E-state index in [-0.39, 0.29) is 0 Å². The number of hydrogen-bond donors (Lipinski definition) is 2. The van der Waals surface area contributed by atoms with Crippen molar-refractivity contribution in [2.24, 2.45) is 10.4 Å². The summed E-state index contributed by atoms with van der Waals surface area (Å²) in [5.41, 5.74) is 0.478. The number of nitrogens with zero attached hydrogens (tertiary/aromatic N) is 1. The van der Waals surface area contributed by atoms with Gasteiger partial charge in [-0.3, -0.25) is 4.99 Å². The molecule has 2 aliphatic carbocycles. The van der Waals surface area contributed by atoms with Gasteiger partial charge in [0.1, 0.15) is 0 Å². The third-order valence-electron chi connectivity index (χ3n) is 4.07. The molecule has 0 aliphatic heterocycles. The summed E-state index contributed by atoms with van der Waals surface area (Å²) < 4.78 is 0. The Morgan fingerprint density at radius 3 is 2.53 bits per heavy atom. The topological polar surface area (TPSA) is 36.4 Å². The first kappa shape index (κ1) is 12.5. The van der Waals surface area contributed by atoms with Gasteiger partial charge in [0.25, 0.3) is 0 Å². The summed E-state index contributed by atoms with van der Waals surface area (Å²) in [5, 5.41) is 6.97. The molecule has 0 bridgehead atoms. The van der Waals surface area contributed by atoms with E-state index in [1.54, 1.807) is 0 Å². The van der Waals surface area contributed by atoms with E-state index < -0.39 is 0 Å². The third-order valence-corrected chi connectivity index (χ3v) is 4.07. The zero-order valence-electron chi connectivity index (χ0n) is 11.1. The zero-order chi connectivity index (χ0) is 12.1. The normalized spacial score (nSPS) is 24.2. The SMILES string of the molecule is CN=C(NCC1(C)CCCC1)NC1CC=CC1. The van der Waals surface area contributed by atoms with Gasteiger partial charge in [-0.05, 0) is 31.1 Å². The van der Waals surface area contributed by atoms with E-state index in [4.69, 9.17) is 0 Å². The third kappa shape index (κ3) is 3.48. The van der Waals surface area contributed by atoms with Crippen molar-refractivity contribution in [1.29, 1.82) is 0 Å². The van der Waals surface area contributed by atoms with Crippen LogP contribution in [0.3, 0.4) is 0 Å². The maximum Gasteiger partial charge on any atom is 0.191 e. The van der Waals surface area contributed by atoms with Crippen molar-refractivity contribution >= 4 is 5.96 Å². The fourth-order valence-electron chi connectivity index (χ4n) is 2.83. The standard InChI is InChI=1S/C14H25N3/c1-14(9-5-6-10-14)11-16-13(15-2)17-12-7-3-4-8-12/h3-4,12H,5-11H2,1-2H3,(H2,15,16,17). The Morgan fingerprint density at radius 2 is 1.94 bits per heavy atom. The van der Waals surface area contributed by atoms with Crippen LogP contribution < -0.4 is 10.6 Å². The van der Waals surface area contributed by atoms with Gasteiger partial charge in [0.2, 0.25) is 0 Å². The Morgan fingerprint density at radius 1 is 1.29 bits per heavy atom. The highest BCUT2D eigenvalue weighted by atomic mass is 15.2. The largest absolute Gasteiger partial charge is 0.356 e. The van der Waals surface area contributed by atoms with Crippen LogP contribution in [0.4, 0.5) is 0 Å². The fraction of sp³-hybridized carbons (Fsp3) is 0.786. The maximum atomic E-state index is 4.31. The Labute approximate surface area is 105 Å². The average Bonchev–Trinajstić information content (AvgIpc) is 2.96. The first-order valence-corrected chi connectivity index (χ1v) is 6.84. The molecule has 0 atom stereocenters. The molecule has 0 aromatic rings. The minimum Gasteiger partial charge on any atom is -0.356 e. The van der Waals surface area contributed by atoms with Gasteiger partial charge in [-0.1, -0.05) is 31.9 Å². The fourth-order valence-corrected chi connectivity index (χ4v) is 2.83. The van der Waals surface area contributed by atoms with Crippen LogP contribution in [0.5, 0.6) is 0 Å². The molecule has 2 N–H and O–H groups in total. The lowest BCUT2D eigenvalue weighted by Crippen LogP contribution is -2.45. The van der Waals surface area contributed by atoms with Gasteiger partial charge in [0, 0.05) is 19.6 Å². The van der Waals surface area contributed by atoms with Crippen molar-refractivity contribution in [3.63, 3.8) is 0 Å². The summed E-state index contributed by atoms with van der Waals surface area (Å²) in [6.45, 7) is 3.43. The van der Waals surface area contributed by atoms with E-state index in [1.807, 2.05) is 7.05 Å². The number of rotatable bonds is 3. The van der Waals surface area contributed by atoms with E-state index in [0.29, 0.717) is 11.5 Å². The lowest BCUT2D eigenvalue weighted by molar-refractivity contribution is 0.333. The van der Waals surface area contributed by atoms with Crippen molar-refractivity contribution in [1.82, 2.24) is 10.6 Å². The van der Waals surface area contributed by atoms with Crippen LogP contribution in [-0.2, 0) is 0 Å². The second kappa shape index (κ2) is 5.56. The van der Waals surface area contributed by atoms with Crippen LogP contribution in [0.2, 0.25) is 0 Å². The molecule has 0 radical (unpaired) electrons. The molecule has 2 rings (SSSR count). The summed E-state index contributed by atoms with van der Waals surface area (Å²) in [7, 11) is 1.86. The summed E-state index contributed by atoms with van der Waals surface area (Å²) in [4.78, 5) is 4.31. The first-order valence-electron chi connectivity index (χ1n) is 6.84.